The Labute approximate surface area is 148 Å². The molecule has 2 aromatic carbocycles. The number of rotatable bonds is 4. The number of anilines is 1. The molecule has 25 heavy (non-hydrogen) atoms. The molecule has 0 unspecified atom stereocenters. The molecule has 0 heterocycles. The highest BCUT2D eigenvalue weighted by atomic mass is 16.3. The van der Waals surface area contributed by atoms with Crippen LogP contribution in [0.3, 0.4) is 0 Å². The fourth-order valence-electron chi connectivity index (χ4n) is 3.31. The number of nitrogens with zero attached hydrogens (tertiary/aromatic N) is 2. The molecule has 0 atom stereocenters. The molecule has 1 aliphatic carbocycles. The van der Waals surface area contributed by atoms with Crippen molar-refractivity contribution in [2.45, 2.75) is 37.8 Å². The second-order valence-corrected chi connectivity index (χ2v) is 6.55. The summed E-state index contributed by atoms with van der Waals surface area (Å²) in [5.41, 5.74) is 3.05. The number of carbonyl (C=O) groups excluding carboxylic acids is 1. The molecule has 2 aromatic rings. The Balaban J connectivity index is 1.58. The molecule has 1 N–H and O–H groups in total. The second kappa shape index (κ2) is 7.92. The first kappa shape index (κ1) is 17.1. The van der Waals surface area contributed by atoms with Crippen LogP contribution >= 0.6 is 0 Å². The molecule has 0 bridgehead atoms. The third-order valence-electron chi connectivity index (χ3n) is 4.93. The molecule has 1 saturated carbocycles. The zero-order chi connectivity index (χ0) is 17.6. The first-order valence-electron chi connectivity index (χ1n) is 8.69. The molecule has 1 fully saturated rings. The zero-order valence-corrected chi connectivity index (χ0v) is 14.4. The van der Waals surface area contributed by atoms with Crippen molar-refractivity contribution in [3.05, 3.63) is 59.5 Å². The summed E-state index contributed by atoms with van der Waals surface area (Å²) in [6.07, 6.45) is 3.18. The van der Waals surface area contributed by atoms with Gasteiger partial charge in [0, 0.05) is 18.8 Å². The normalized spacial score (nSPS) is 19.9. The third-order valence-corrected chi connectivity index (χ3v) is 4.93. The minimum Gasteiger partial charge on any atom is -0.325 e. The Kier molecular flexibility index (Phi) is 5.43. The minimum absolute atomic E-state index is 0.0850. The van der Waals surface area contributed by atoms with Crippen LogP contribution in [0.1, 0.15) is 25.7 Å². The number of hydrogen-bond donors (Lipinski definition) is 1. The molecule has 0 aromatic heterocycles. The number of benzene rings is 2. The quantitative estimate of drug-likeness (QED) is 0.807. The summed E-state index contributed by atoms with van der Waals surface area (Å²) in [5.74, 6) is 0. The van der Waals surface area contributed by atoms with Crippen LogP contribution < -0.4 is 5.32 Å². The van der Waals surface area contributed by atoms with Crippen molar-refractivity contribution in [1.29, 1.82) is 0 Å². The zero-order valence-electron chi connectivity index (χ0n) is 14.4. The molecular formula is C20H23N3O2. The van der Waals surface area contributed by atoms with Gasteiger partial charge in [0.1, 0.15) is 0 Å². The van der Waals surface area contributed by atoms with Crippen molar-refractivity contribution in [3.8, 4) is 11.1 Å². The number of nitrogens with one attached hydrogen (secondary N) is 1. The second-order valence-electron chi connectivity index (χ2n) is 6.55. The molecule has 5 nitrogen and oxygen atoms in total. The van der Waals surface area contributed by atoms with Crippen LogP contribution in [0.4, 0.5) is 10.5 Å². The lowest BCUT2D eigenvalue weighted by Crippen LogP contribution is -2.42. The van der Waals surface area contributed by atoms with E-state index in [0.29, 0.717) is 0 Å². The Morgan fingerprint density at radius 3 is 2.16 bits per heavy atom. The Bertz CT molecular complexity index is 707. The summed E-state index contributed by atoms with van der Waals surface area (Å²) >= 11 is 0. The van der Waals surface area contributed by atoms with E-state index in [2.05, 4.69) is 22.6 Å². The van der Waals surface area contributed by atoms with E-state index >= 15 is 0 Å². The van der Waals surface area contributed by atoms with E-state index in [0.717, 1.165) is 42.5 Å². The highest BCUT2D eigenvalue weighted by Gasteiger charge is 2.26. The van der Waals surface area contributed by atoms with Crippen LogP contribution in [0.2, 0.25) is 0 Å². The predicted molar refractivity (Wildman–Crippen MR) is 100 cm³/mol. The smallest absolute Gasteiger partial charge is 0.321 e. The highest BCUT2D eigenvalue weighted by Crippen LogP contribution is 2.25. The average Bonchev–Trinajstić information content (AvgIpc) is 2.68. The first-order chi connectivity index (χ1) is 12.2. The van der Waals surface area contributed by atoms with Crippen molar-refractivity contribution in [2.75, 3.05) is 12.4 Å². The van der Waals surface area contributed by atoms with Gasteiger partial charge >= 0.3 is 6.03 Å². The SMILES string of the molecule is CN(C(=O)Nc1ccc(-c2ccccc2)cc1)C1CCC(N=O)CC1. The monoisotopic (exact) mass is 337 g/mol. The Morgan fingerprint density at radius 1 is 0.960 bits per heavy atom. The first-order valence-corrected chi connectivity index (χ1v) is 8.69. The summed E-state index contributed by atoms with van der Waals surface area (Å²) in [4.78, 5) is 24.8. The van der Waals surface area contributed by atoms with Gasteiger partial charge in [-0.15, -0.1) is 0 Å². The lowest BCUT2D eigenvalue weighted by molar-refractivity contribution is 0.182. The molecule has 130 valence electrons. The average molecular weight is 337 g/mol. The Morgan fingerprint density at radius 2 is 1.56 bits per heavy atom. The van der Waals surface area contributed by atoms with Crippen molar-refractivity contribution in [1.82, 2.24) is 4.90 Å². The largest absolute Gasteiger partial charge is 0.325 e. The number of nitroso groups, excluding NO2 is 1. The lowest BCUT2D eigenvalue weighted by Gasteiger charge is -2.32. The summed E-state index contributed by atoms with van der Waals surface area (Å²) in [6, 6.07) is 17.9. The summed E-state index contributed by atoms with van der Waals surface area (Å²) in [6.45, 7) is 0. The van der Waals surface area contributed by atoms with E-state index < -0.39 is 0 Å². The Hall–Kier alpha value is -2.69. The number of hydrogen-bond acceptors (Lipinski definition) is 3. The standard InChI is InChI=1S/C20H23N3O2/c1-23(19-13-11-18(22-25)12-14-19)20(24)21-17-9-7-16(8-10-17)15-5-3-2-4-6-15/h2-10,18-19H,11-14H2,1H3,(H,21,24). The molecule has 2 amide bonds. The highest BCUT2D eigenvalue weighted by molar-refractivity contribution is 5.89. The van der Waals surface area contributed by atoms with Crippen LogP contribution in [-0.2, 0) is 0 Å². The molecule has 0 saturated heterocycles. The fourth-order valence-corrected chi connectivity index (χ4v) is 3.31. The summed E-state index contributed by atoms with van der Waals surface area (Å²) in [7, 11) is 1.81. The number of urea groups is 1. The molecule has 1 aliphatic rings. The molecule has 0 aliphatic heterocycles. The van der Waals surface area contributed by atoms with Gasteiger partial charge in [-0.1, -0.05) is 47.6 Å². The van der Waals surface area contributed by atoms with Gasteiger partial charge < -0.3 is 10.2 Å². The van der Waals surface area contributed by atoms with Gasteiger partial charge in [-0.3, -0.25) is 0 Å². The van der Waals surface area contributed by atoms with Gasteiger partial charge in [0.2, 0.25) is 0 Å². The van der Waals surface area contributed by atoms with Crippen LogP contribution in [0.5, 0.6) is 0 Å². The maximum Gasteiger partial charge on any atom is 0.321 e. The van der Waals surface area contributed by atoms with Gasteiger partial charge in [-0.25, -0.2) is 4.79 Å². The third kappa shape index (κ3) is 4.24. The molecule has 0 radical (unpaired) electrons. The van der Waals surface area contributed by atoms with E-state index in [-0.39, 0.29) is 18.1 Å². The van der Waals surface area contributed by atoms with E-state index in [1.807, 2.05) is 49.5 Å². The van der Waals surface area contributed by atoms with E-state index in [1.54, 1.807) is 4.90 Å². The topological polar surface area (TPSA) is 61.8 Å². The van der Waals surface area contributed by atoms with Gasteiger partial charge in [0.15, 0.2) is 0 Å². The molecular weight excluding hydrogens is 314 g/mol. The number of carbonyl (C=O) groups is 1. The van der Waals surface area contributed by atoms with Crippen molar-refractivity contribution in [2.24, 2.45) is 5.18 Å². The van der Waals surface area contributed by atoms with Crippen LogP contribution in [0.25, 0.3) is 11.1 Å². The van der Waals surface area contributed by atoms with E-state index in [9.17, 15) is 9.70 Å². The maximum absolute atomic E-state index is 12.4. The van der Waals surface area contributed by atoms with E-state index in [4.69, 9.17) is 0 Å². The predicted octanol–water partition coefficient (Wildman–Crippen LogP) is 4.89. The van der Waals surface area contributed by atoms with Gasteiger partial charge in [-0.05, 0) is 48.9 Å². The fraction of sp³-hybridized carbons (Fsp3) is 0.350. The summed E-state index contributed by atoms with van der Waals surface area (Å²) < 4.78 is 0. The van der Waals surface area contributed by atoms with E-state index in [1.165, 1.54) is 0 Å². The van der Waals surface area contributed by atoms with Crippen LogP contribution in [0.15, 0.2) is 59.8 Å². The van der Waals surface area contributed by atoms with Crippen LogP contribution in [0, 0.1) is 4.91 Å². The lowest BCUT2D eigenvalue weighted by atomic mass is 9.91. The van der Waals surface area contributed by atoms with Gasteiger partial charge in [-0.2, -0.15) is 4.91 Å². The molecule has 5 heteroatoms. The van der Waals surface area contributed by atoms with Gasteiger partial charge in [0.25, 0.3) is 0 Å². The maximum atomic E-state index is 12.4. The summed E-state index contributed by atoms with van der Waals surface area (Å²) in [5, 5.41) is 6.06. The van der Waals surface area contributed by atoms with Crippen molar-refractivity contribution >= 4 is 11.7 Å². The van der Waals surface area contributed by atoms with Crippen LogP contribution in [-0.4, -0.2) is 30.1 Å². The molecule has 0 spiro atoms. The van der Waals surface area contributed by atoms with Gasteiger partial charge in [0.05, 0.1) is 6.04 Å². The van der Waals surface area contributed by atoms with Crippen molar-refractivity contribution in [3.63, 3.8) is 0 Å². The molecule has 3 rings (SSSR count). The minimum atomic E-state index is -0.116. The number of amides is 2. The van der Waals surface area contributed by atoms with Crippen molar-refractivity contribution < 1.29 is 4.79 Å².